The summed E-state index contributed by atoms with van der Waals surface area (Å²) >= 11 is 1.57. The lowest BCUT2D eigenvalue weighted by Gasteiger charge is -2.30. The van der Waals surface area contributed by atoms with Gasteiger partial charge in [-0.15, -0.1) is 11.3 Å². The Morgan fingerprint density at radius 3 is 2.64 bits per heavy atom. The third-order valence-corrected chi connectivity index (χ3v) is 5.02. The van der Waals surface area contributed by atoms with Crippen LogP contribution in [-0.2, 0) is 4.79 Å². The maximum Gasteiger partial charge on any atom is 0.248 e. The van der Waals surface area contributed by atoms with Crippen molar-refractivity contribution in [2.45, 2.75) is 19.3 Å². The molecule has 2 aromatic rings. The summed E-state index contributed by atoms with van der Waals surface area (Å²) in [5, 5.41) is 4.86. The Morgan fingerprint density at radius 2 is 1.96 bits per heavy atom. The van der Waals surface area contributed by atoms with Gasteiger partial charge in [0, 0.05) is 29.6 Å². The fourth-order valence-electron chi connectivity index (χ4n) is 2.92. The van der Waals surface area contributed by atoms with E-state index >= 15 is 0 Å². The average molecular weight is 355 g/mol. The Kier molecular flexibility index (Phi) is 5.50. The molecular weight excluding hydrogens is 334 g/mol. The molecule has 25 heavy (non-hydrogen) atoms. The van der Waals surface area contributed by atoms with Gasteiger partial charge in [-0.05, 0) is 55.0 Å². The second-order valence-corrected chi connectivity index (χ2v) is 6.96. The van der Waals surface area contributed by atoms with E-state index < -0.39 is 5.91 Å². The first-order valence-corrected chi connectivity index (χ1v) is 9.23. The zero-order valence-corrected chi connectivity index (χ0v) is 14.7. The number of amides is 2. The number of nitrogens with two attached hydrogens (primary N) is 1. The zero-order valence-electron chi connectivity index (χ0n) is 13.9. The number of rotatable bonds is 5. The smallest absolute Gasteiger partial charge is 0.248 e. The van der Waals surface area contributed by atoms with E-state index in [1.54, 1.807) is 29.5 Å². The quantitative estimate of drug-likeness (QED) is 0.806. The Labute approximate surface area is 151 Å². The number of benzene rings is 1. The zero-order chi connectivity index (χ0) is 17.6. The highest BCUT2D eigenvalue weighted by Crippen LogP contribution is 2.29. The highest BCUT2D eigenvalue weighted by atomic mass is 32.1. The van der Waals surface area contributed by atoms with Crippen molar-refractivity contribution in [2.75, 3.05) is 23.3 Å². The second-order valence-electron chi connectivity index (χ2n) is 5.98. The molecule has 0 radical (unpaired) electrons. The highest BCUT2D eigenvalue weighted by Gasteiger charge is 2.17. The van der Waals surface area contributed by atoms with Gasteiger partial charge in [-0.25, -0.2) is 0 Å². The molecule has 2 heterocycles. The van der Waals surface area contributed by atoms with E-state index in [0.29, 0.717) is 11.3 Å². The molecule has 130 valence electrons. The summed E-state index contributed by atoms with van der Waals surface area (Å²) in [7, 11) is 0. The summed E-state index contributed by atoms with van der Waals surface area (Å²) in [4.78, 5) is 27.0. The normalized spacial score (nSPS) is 14.6. The van der Waals surface area contributed by atoms with Crippen molar-refractivity contribution in [1.82, 2.24) is 0 Å². The predicted octanol–water partition coefficient (Wildman–Crippen LogP) is 3.49. The highest BCUT2D eigenvalue weighted by molar-refractivity contribution is 7.10. The molecule has 0 bridgehead atoms. The third kappa shape index (κ3) is 4.48. The lowest BCUT2D eigenvalue weighted by molar-refractivity contribution is -0.111. The molecule has 0 atom stereocenters. The number of hydrogen-bond donors (Lipinski definition) is 2. The molecule has 0 unspecified atom stereocenters. The van der Waals surface area contributed by atoms with Crippen molar-refractivity contribution in [1.29, 1.82) is 0 Å². The van der Waals surface area contributed by atoms with Crippen molar-refractivity contribution in [3.8, 4) is 0 Å². The molecule has 1 aromatic heterocycles. The molecule has 1 saturated heterocycles. The molecule has 1 aliphatic rings. The van der Waals surface area contributed by atoms with E-state index in [9.17, 15) is 9.59 Å². The molecule has 0 saturated carbocycles. The molecule has 0 aliphatic carbocycles. The van der Waals surface area contributed by atoms with Crippen LogP contribution in [0, 0.1) is 0 Å². The Morgan fingerprint density at radius 1 is 1.16 bits per heavy atom. The SMILES string of the molecule is NC(=O)c1ccc(N2CCCCC2)c(NC(=O)/C=C/c2cccs2)c1. The molecule has 3 N–H and O–H groups in total. The van der Waals surface area contributed by atoms with E-state index in [0.717, 1.165) is 36.5 Å². The van der Waals surface area contributed by atoms with Gasteiger partial charge in [-0.1, -0.05) is 6.07 Å². The van der Waals surface area contributed by atoms with Gasteiger partial charge < -0.3 is 16.0 Å². The van der Waals surface area contributed by atoms with Crippen LogP contribution in [0.4, 0.5) is 11.4 Å². The standard InChI is InChI=1S/C19H21N3O2S/c20-19(24)14-6-8-17(22-10-2-1-3-11-22)16(13-14)21-18(23)9-7-15-5-4-12-25-15/h4-9,12-13H,1-3,10-11H2,(H2,20,24)(H,21,23)/b9-7+. The van der Waals surface area contributed by atoms with E-state index in [1.165, 1.54) is 12.5 Å². The van der Waals surface area contributed by atoms with Crippen molar-refractivity contribution in [3.05, 3.63) is 52.2 Å². The summed E-state index contributed by atoms with van der Waals surface area (Å²) in [6, 6.07) is 9.12. The number of nitrogens with zero attached hydrogens (tertiary/aromatic N) is 1. The minimum Gasteiger partial charge on any atom is -0.370 e. The van der Waals surface area contributed by atoms with Gasteiger partial charge in [-0.2, -0.15) is 0 Å². The number of nitrogens with one attached hydrogen (secondary N) is 1. The topological polar surface area (TPSA) is 75.4 Å². The predicted molar refractivity (Wildman–Crippen MR) is 103 cm³/mol. The molecule has 5 nitrogen and oxygen atoms in total. The van der Waals surface area contributed by atoms with Crippen LogP contribution in [0.2, 0.25) is 0 Å². The number of hydrogen-bond acceptors (Lipinski definition) is 4. The first-order valence-electron chi connectivity index (χ1n) is 8.35. The van der Waals surface area contributed by atoms with Gasteiger partial charge in [0.1, 0.15) is 0 Å². The molecule has 2 amide bonds. The van der Waals surface area contributed by atoms with E-state index in [2.05, 4.69) is 10.2 Å². The van der Waals surface area contributed by atoms with Gasteiger partial charge in [0.05, 0.1) is 11.4 Å². The number of primary amides is 1. The molecule has 1 aliphatic heterocycles. The summed E-state index contributed by atoms with van der Waals surface area (Å²) in [6.07, 6.45) is 6.76. The number of piperidine rings is 1. The monoisotopic (exact) mass is 355 g/mol. The van der Waals surface area contributed by atoms with Crippen LogP contribution in [0.1, 0.15) is 34.5 Å². The maximum atomic E-state index is 12.3. The summed E-state index contributed by atoms with van der Waals surface area (Å²) in [6.45, 7) is 1.90. The van der Waals surface area contributed by atoms with Gasteiger partial charge in [0.15, 0.2) is 0 Å². The first kappa shape index (κ1) is 17.2. The first-order chi connectivity index (χ1) is 12.1. The van der Waals surface area contributed by atoms with Crippen LogP contribution in [0.5, 0.6) is 0 Å². The molecular formula is C19H21N3O2S. The number of carbonyl (C=O) groups excluding carboxylic acids is 2. The van der Waals surface area contributed by atoms with Crippen LogP contribution < -0.4 is 16.0 Å². The average Bonchev–Trinajstić information content (AvgIpc) is 3.14. The summed E-state index contributed by atoms with van der Waals surface area (Å²) in [5.74, 6) is -0.733. The van der Waals surface area contributed by atoms with Crippen molar-refractivity contribution < 1.29 is 9.59 Å². The summed E-state index contributed by atoms with van der Waals surface area (Å²) in [5.41, 5.74) is 7.33. The third-order valence-electron chi connectivity index (χ3n) is 4.18. The fourth-order valence-corrected chi connectivity index (χ4v) is 3.54. The van der Waals surface area contributed by atoms with Gasteiger partial charge in [-0.3, -0.25) is 9.59 Å². The summed E-state index contributed by atoms with van der Waals surface area (Å²) < 4.78 is 0. The van der Waals surface area contributed by atoms with Gasteiger partial charge in [0.25, 0.3) is 0 Å². The van der Waals surface area contributed by atoms with E-state index in [1.807, 2.05) is 23.6 Å². The molecule has 6 heteroatoms. The minimum atomic E-state index is -0.505. The van der Waals surface area contributed by atoms with Gasteiger partial charge >= 0.3 is 0 Å². The number of thiophene rings is 1. The Bertz CT molecular complexity index is 778. The molecule has 1 fully saturated rings. The van der Waals surface area contributed by atoms with Crippen LogP contribution >= 0.6 is 11.3 Å². The van der Waals surface area contributed by atoms with Crippen molar-refractivity contribution in [3.63, 3.8) is 0 Å². The maximum absolute atomic E-state index is 12.3. The van der Waals surface area contributed by atoms with Crippen LogP contribution in [0.3, 0.4) is 0 Å². The lowest BCUT2D eigenvalue weighted by Crippen LogP contribution is -2.30. The molecule has 0 spiro atoms. The lowest BCUT2D eigenvalue weighted by atomic mass is 10.1. The molecule has 3 rings (SSSR count). The Balaban J connectivity index is 1.82. The van der Waals surface area contributed by atoms with Crippen LogP contribution in [0.15, 0.2) is 41.8 Å². The molecule has 1 aromatic carbocycles. The largest absolute Gasteiger partial charge is 0.370 e. The van der Waals surface area contributed by atoms with Gasteiger partial charge in [0.2, 0.25) is 11.8 Å². The number of anilines is 2. The second kappa shape index (κ2) is 7.98. The van der Waals surface area contributed by atoms with E-state index in [4.69, 9.17) is 5.73 Å². The van der Waals surface area contributed by atoms with Crippen molar-refractivity contribution in [2.24, 2.45) is 5.73 Å². The van der Waals surface area contributed by atoms with Crippen molar-refractivity contribution >= 4 is 40.6 Å². The number of carbonyl (C=O) groups is 2. The minimum absolute atomic E-state index is 0.228. The van der Waals surface area contributed by atoms with Crippen LogP contribution in [0.25, 0.3) is 6.08 Å². The van der Waals surface area contributed by atoms with Crippen LogP contribution in [-0.4, -0.2) is 24.9 Å². The fraction of sp³-hybridized carbons (Fsp3) is 0.263. The Hall–Kier alpha value is -2.60. The van der Waals surface area contributed by atoms with E-state index in [-0.39, 0.29) is 5.91 Å².